The van der Waals surface area contributed by atoms with Crippen LogP contribution in [0.4, 0.5) is 0 Å². The van der Waals surface area contributed by atoms with E-state index in [9.17, 15) is 9.90 Å². The van der Waals surface area contributed by atoms with Crippen molar-refractivity contribution in [2.24, 2.45) is 17.8 Å². The average Bonchev–Trinajstić information content (AvgIpc) is 3.02. The van der Waals surface area contributed by atoms with E-state index in [0.29, 0.717) is 18.4 Å². The van der Waals surface area contributed by atoms with Crippen LogP contribution in [0.3, 0.4) is 0 Å². The second-order valence-electron chi connectivity index (χ2n) is 7.08. The minimum Gasteiger partial charge on any atom is -0.391 e. The minimum absolute atomic E-state index is 0.205. The normalized spacial score (nSPS) is 41.5. The summed E-state index contributed by atoms with van der Waals surface area (Å²) in [6, 6.07) is 0.205. The van der Waals surface area contributed by atoms with Crippen LogP contribution in [0.1, 0.15) is 32.1 Å². The van der Waals surface area contributed by atoms with Crippen molar-refractivity contribution in [1.82, 2.24) is 9.80 Å². The van der Waals surface area contributed by atoms with Gasteiger partial charge < -0.3 is 14.9 Å². The van der Waals surface area contributed by atoms with Crippen molar-refractivity contribution in [2.75, 3.05) is 27.2 Å². The molecule has 2 aliphatic carbocycles. The zero-order valence-electron chi connectivity index (χ0n) is 12.1. The Labute approximate surface area is 115 Å². The fraction of sp³-hybridized carbons (Fsp3) is 0.933. The molecule has 1 aliphatic heterocycles. The lowest BCUT2D eigenvalue weighted by Crippen LogP contribution is -2.45. The number of carbonyl (C=O) groups is 1. The fourth-order valence-electron chi connectivity index (χ4n) is 4.52. The molecule has 5 unspecified atom stereocenters. The Morgan fingerprint density at radius 2 is 2.05 bits per heavy atom. The number of fused-ring (bicyclic) bond motifs is 2. The van der Waals surface area contributed by atoms with Crippen LogP contribution in [0.2, 0.25) is 0 Å². The molecule has 2 saturated carbocycles. The van der Waals surface area contributed by atoms with Crippen LogP contribution < -0.4 is 0 Å². The Morgan fingerprint density at radius 3 is 2.63 bits per heavy atom. The summed E-state index contributed by atoms with van der Waals surface area (Å²) >= 11 is 0. The highest BCUT2D eigenvalue weighted by molar-refractivity contribution is 5.80. The second kappa shape index (κ2) is 5.06. The molecule has 19 heavy (non-hydrogen) atoms. The van der Waals surface area contributed by atoms with Crippen molar-refractivity contribution in [3.05, 3.63) is 0 Å². The number of hydrogen-bond donors (Lipinski definition) is 1. The molecule has 0 aromatic heterocycles. The third kappa shape index (κ3) is 2.52. The van der Waals surface area contributed by atoms with Gasteiger partial charge in [-0.1, -0.05) is 6.42 Å². The lowest BCUT2D eigenvalue weighted by molar-refractivity contribution is -0.138. The summed E-state index contributed by atoms with van der Waals surface area (Å²) in [6.45, 7) is 1.41. The van der Waals surface area contributed by atoms with Crippen molar-refractivity contribution >= 4 is 5.91 Å². The number of hydrogen-bond acceptors (Lipinski definition) is 3. The molecule has 3 aliphatic rings. The molecule has 1 amide bonds. The molecular weight excluding hydrogens is 240 g/mol. The Balaban J connectivity index is 1.67. The summed E-state index contributed by atoms with van der Waals surface area (Å²) in [4.78, 5) is 16.9. The van der Waals surface area contributed by atoms with E-state index in [0.717, 1.165) is 25.3 Å². The van der Waals surface area contributed by atoms with Crippen LogP contribution in [0.25, 0.3) is 0 Å². The second-order valence-corrected chi connectivity index (χ2v) is 7.08. The van der Waals surface area contributed by atoms with E-state index in [1.54, 1.807) is 0 Å². The fourth-order valence-corrected chi connectivity index (χ4v) is 4.52. The lowest BCUT2D eigenvalue weighted by atomic mass is 9.87. The average molecular weight is 266 g/mol. The highest BCUT2D eigenvalue weighted by Gasteiger charge is 2.46. The van der Waals surface area contributed by atoms with Gasteiger partial charge in [-0.25, -0.2) is 0 Å². The Kier molecular flexibility index (Phi) is 3.56. The molecule has 3 rings (SSSR count). The predicted molar refractivity (Wildman–Crippen MR) is 73.6 cm³/mol. The molecule has 1 N–H and O–H groups in total. The van der Waals surface area contributed by atoms with E-state index in [-0.39, 0.29) is 18.1 Å². The highest BCUT2D eigenvalue weighted by Crippen LogP contribution is 2.49. The molecule has 4 nitrogen and oxygen atoms in total. The van der Waals surface area contributed by atoms with E-state index in [4.69, 9.17) is 0 Å². The number of aliphatic hydroxyl groups is 1. The van der Waals surface area contributed by atoms with E-state index in [2.05, 4.69) is 4.90 Å². The summed E-state index contributed by atoms with van der Waals surface area (Å²) in [7, 11) is 4.07. The van der Waals surface area contributed by atoms with Gasteiger partial charge in [0.05, 0.1) is 6.10 Å². The summed E-state index contributed by atoms with van der Waals surface area (Å²) in [5.41, 5.74) is 0. The molecule has 4 heteroatoms. The van der Waals surface area contributed by atoms with Crippen LogP contribution in [0.15, 0.2) is 0 Å². The zero-order chi connectivity index (χ0) is 13.6. The number of likely N-dealkylation sites (N-methyl/N-ethyl adjacent to an activating group) is 1. The summed E-state index contributed by atoms with van der Waals surface area (Å²) < 4.78 is 0. The van der Waals surface area contributed by atoms with Gasteiger partial charge >= 0.3 is 0 Å². The quantitative estimate of drug-likeness (QED) is 0.827. The molecule has 5 atom stereocenters. The maximum Gasteiger partial charge on any atom is 0.226 e. The Morgan fingerprint density at radius 1 is 1.26 bits per heavy atom. The molecule has 0 radical (unpaired) electrons. The molecule has 0 aromatic carbocycles. The minimum atomic E-state index is -0.326. The number of carbonyl (C=O) groups excluding carboxylic acids is 1. The monoisotopic (exact) mass is 266 g/mol. The van der Waals surface area contributed by atoms with Gasteiger partial charge in [0.2, 0.25) is 5.91 Å². The van der Waals surface area contributed by atoms with Gasteiger partial charge in [0, 0.05) is 25.0 Å². The molecule has 1 heterocycles. The summed E-state index contributed by atoms with van der Waals surface area (Å²) in [5.74, 6) is 2.03. The largest absolute Gasteiger partial charge is 0.391 e. The van der Waals surface area contributed by atoms with Crippen molar-refractivity contribution < 1.29 is 9.90 Å². The summed E-state index contributed by atoms with van der Waals surface area (Å²) in [6.07, 6.45) is 5.36. The van der Waals surface area contributed by atoms with Gasteiger partial charge in [-0.3, -0.25) is 4.79 Å². The first kappa shape index (κ1) is 13.4. The van der Waals surface area contributed by atoms with E-state index >= 15 is 0 Å². The first-order chi connectivity index (χ1) is 9.04. The number of β-amino-alcohol motifs (C(OH)–C–C–N with tert-alkyl or cyclic N) is 1. The number of likely N-dealkylation sites (tertiary alicyclic amines) is 1. The molecule has 2 bridgehead atoms. The number of rotatable bonds is 3. The van der Waals surface area contributed by atoms with Crippen LogP contribution in [-0.2, 0) is 4.79 Å². The van der Waals surface area contributed by atoms with Crippen LogP contribution in [-0.4, -0.2) is 60.1 Å². The molecule has 3 fully saturated rings. The van der Waals surface area contributed by atoms with Crippen molar-refractivity contribution in [2.45, 2.75) is 44.2 Å². The van der Waals surface area contributed by atoms with Gasteiger partial charge in [0.1, 0.15) is 0 Å². The topological polar surface area (TPSA) is 43.8 Å². The lowest BCUT2D eigenvalue weighted by Gasteiger charge is -2.31. The van der Waals surface area contributed by atoms with Crippen LogP contribution in [0.5, 0.6) is 0 Å². The maximum absolute atomic E-state index is 12.8. The van der Waals surface area contributed by atoms with Crippen molar-refractivity contribution in [3.8, 4) is 0 Å². The molecular formula is C15H26N2O2. The van der Waals surface area contributed by atoms with Gasteiger partial charge in [0.25, 0.3) is 0 Å². The maximum atomic E-state index is 12.8. The first-order valence-electron chi connectivity index (χ1n) is 7.68. The van der Waals surface area contributed by atoms with E-state index in [1.165, 1.54) is 19.3 Å². The highest BCUT2D eigenvalue weighted by atomic mass is 16.3. The SMILES string of the molecule is CN(C)CC1CC(O)CN1C(=O)C1CC2CCC1C2. The number of nitrogens with zero attached hydrogens (tertiary/aromatic N) is 2. The van der Waals surface area contributed by atoms with Gasteiger partial charge in [-0.05, 0) is 51.6 Å². The zero-order valence-corrected chi connectivity index (χ0v) is 12.1. The van der Waals surface area contributed by atoms with Gasteiger partial charge in [-0.15, -0.1) is 0 Å². The predicted octanol–water partition coefficient (Wildman–Crippen LogP) is 0.946. The molecule has 1 saturated heterocycles. The van der Waals surface area contributed by atoms with Crippen LogP contribution in [0, 0.1) is 17.8 Å². The third-order valence-corrected chi connectivity index (χ3v) is 5.31. The Bertz CT molecular complexity index is 358. The third-order valence-electron chi connectivity index (χ3n) is 5.31. The standard InChI is InChI=1S/C15H26N2O2/c1-16(2)8-12-7-13(18)9-17(12)15(19)14-6-10-3-4-11(14)5-10/h10-14,18H,3-9H2,1-2H3. The van der Waals surface area contributed by atoms with Crippen molar-refractivity contribution in [1.29, 1.82) is 0 Å². The smallest absolute Gasteiger partial charge is 0.226 e. The van der Waals surface area contributed by atoms with E-state index in [1.807, 2.05) is 19.0 Å². The Hall–Kier alpha value is -0.610. The van der Waals surface area contributed by atoms with Crippen molar-refractivity contribution in [3.63, 3.8) is 0 Å². The van der Waals surface area contributed by atoms with Gasteiger partial charge in [0.15, 0.2) is 0 Å². The van der Waals surface area contributed by atoms with E-state index < -0.39 is 0 Å². The van der Waals surface area contributed by atoms with Crippen LogP contribution >= 0.6 is 0 Å². The molecule has 0 spiro atoms. The number of aliphatic hydroxyl groups excluding tert-OH is 1. The molecule has 108 valence electrons. The molecule has 0 aromatic rings. The number of amides is 1. The van der Waals surface area contributed by atoms with Gasteiger partial charge in [-0.2, -0.15) is 0 Å². The first-order valence-corrected chi connectivity index (χ1v) is 7.68. The summed E-state index contributed by atoms with van der Waals surface area (Å²) in [5, 5.41) is 9.89.